The Morgan fingerprint density at radius 1 is 0.931 bits per heavy atom. The molecule has 0 spiro atoms. The van der Waals surface area contributed by atoms with Crippen LogP contribution in [0.25, 0.3) is 22.3 Å². The summed E-state index contributed by atoms with van der Waals surface area (Å²) in [6.07, 6.45) is 0. The average molecular weight is 405 g/mol. The van der Waals surface area contributed by atoms with Crippen LogP contribution < -0.4 is 10.2 Å². The van der Waals surface area contributed by atoms with E-state index < -0.39 is 0 Å². The van der Waals surface area contributed by atoms with Gasteiger partial charge >= 0.3 is 0 Å². The van der Waals surface area contributed by atoms with Crippen LogP contribution in [-0.4, -0.2) is 0 Å². The zero-order chi connectivity index (χ0) is 20.5. The molecule has 4 rings (SSSR count). The van der Waals surface area contributed by atoms with Crippen LogP contribution in [0.4, 0.5) is 0 Å². The highest BCUT2D eigenvalue weighted by Crippen LogP contribution is 2.36. The number of ether oxygens (including phenoxy) is 1. The van der Waals surface area contributed by atoms with E-state index in [1.165, 1.54) is 5.56 Å². The predicted molar refractivity (Wildman–Crippen MR) is 118 cm³/mol. The Kier molecular flexibility index (Phi) is 5.16. The third kappa shape index (κ3) is 3.79. The second kappa shape index (κ2) is 7.76. The molecule has 0 atom stereocenters. The van der Waals surface area contributed by atoms with Gasteiger partial charge in [-0.15, -0.1) is 0 Å². The maximum absolute atomic E-state index is 13.4. The molecule has 0 amide bonds. The highest BCUT2D eigenvalue weighted by Gasteiger charge is 2.21. The van der Waals surface area contributed by atoms with Crippen molar-refractivity contribution >= 4 is 22.6 Å². The van der Waals surface area contributed by atoms with E-state index >= 15 is 0 Å². The minimum Gasteiger partial charge on any atom is -0.481 e. The maximum Gasteiger partial charge on any atom is 0.235 e. The molecule has 0 aliphatic rings. The summed E-state index contributed by atoms with van der Waals surface area (Å²) < 4.78 is 12.2. The van der Waals surface area contributed by atoms with Gasteiger partial charge in [0.15, 0.2) is 5.76 Å². The van der Waals surface area contributed by atoms with Crippen LogP contribution in [-0.2, 0) is 6.61 Å². The number of hydrogen-bond donors (Lipinski definition) is 0. The minimum atomic E-state index is -0.189. The highest BCUT2D eigenvalue weighted by atomic mass is 35.5. The van der Waals surface area contributed by atoms with Crippen LogP contribution in [0.15, 0.2) is 69.9 Å². The lowest BCUT2D eigenvalue weighted by molar-refractivity contribution is 0.298. The molecule has 3 nitrogen and oxygen atoms in total. The normalized spacial score (nSPS) is 11.0. The van der Waals surface area contributed by atoms with Crippen LogP contribution in [0.3, 0.4) is 0 Å². The van der Waals surface area contributed by atoms with Crippen molar-refractivity contribution in [2.45, 2.75) is 27.4 Å². The van der Waals surface area contributed by atoms with E-state index in [4.69, 9.17) is 20.8 Å². The molecule has 4 aromatic rings. The van der Waals surface area contributed by atoms with Crippen molar-refractivity contribution in [2.24, 2.45) is 0 Å². The lowest BCUT2D eigenvalue weighted by Crippen LogP contribution is -2.11. The van der Waals surface area contributed by atoms with Gasteiger partial charge in [-0.1, -0.05) is 59.6 Å². The fraction of sp³-hybridized carbons (Fsp3) is 0.160. The van der Waals surface area contributed by atoms with Gasteiger partial charge in [-0.05, 0) is 55.7 Å². The Morgan fingerprint density at radius 2 is 1.66 bits per heavy atom. The molecule has 4 heteroatoms. The molecule has 0 saturated heterocycles. The van der Waals surface area contributed by atoms with Gasteiger partial charge in [0.05, 0.1) is 10.4 Å². The first-order valence-electron chi connectivity index (χ1n) is 9.45. The van der Waals surface area contributed by atoms with Gasteiger partial charge in [-0.3, -0.25) is 4.79 Å². The van der Waals surface area contributed by atoms with Gasteiger partial charge in [0.2, 0.25) is 11.2 Å². The predicted octanol–water partition coefficient (Wildman–Crippen LogP) is 6.62. The zero-order valence-corrected chi connectivity index (χ0v) is 17.3. The SMILES string of the molecule is Cc1ccc(COc2c(-c3ccccc3Cl)oc3cc(C)cc(C)c3c2=O)cc1. The molecule has 1 heterocycles. The molecular formula is C25H21ClO3. The lowest BCUT2D eigenvalue weighted by atomic mass is 10.0. The third-order valence-corrected chi connectivity index (χ3v) is 5.25. The molecule has 0 bridgehead atoms. The third-order valence-electron chi connectivity index (χ3n) is 4.92. The van der Waals surface area contributed by atoms with E-state index in [-0.39, 0.29) is 17.8 Å². The number of halogens is 1. The number of aryl methyl sites for hydroxylation is 3. The molecule has 29 heavy (non-hydrogen) atoms. The fourth-order valence-corrected chi connectivity index (χ4v) is 3.69. The van der Waals surface area contributed by atoms with Crippen molar-refractivity contribution in [3.8, 4) is 17.1 Å². The van der Waals surface area contributed by atoms with Crippen LogP contribution >= 0.6 is 11.6 Å². The summed E-state index contributed by atoms with van der Waals surface area (Å²) in [7, 11) is 0. The number of fused-ring (bicyclic) bond motifs is 1. The van der Waals surface area contributed by atoms with E-state index in [2.05, 4.69) is 0 Å². The molecule has 0 fully saturated rings. The summed E-state index contributed by atoms with van der Waals surface area (Å²) in [5, 5.41) is 1.03. The van der Waals surface area contributed by atoms with Gasteiger partial charge in [0.25, 0.3) is 0 Å². The number of benzene rings is 3. The first kappa shape index (κ1) is 19.3. The zero-order valence-electron chi connectivity index (χ0n) is 16.6. The number of hydrogen-bond acceptors (Lipinski definition) is 3. The summed E-state index contributed by atoms with van der Waals surface area (Å²) in [5.74, 6) is 0.531. The Bertz CT molecular complexity index is 1250. The quantitative estimate of drug-likeness (QED) is 0.383. The van der Waals surface area contributed by atoms with E-state index in [9.17, 15) is 4.79 Å². The minimum absolute atomic E-state index is 0.179. The van der Waals surface area contributed by atoms with Gasteiger partial charge in [-0.2, -0.15) is 0 Å². The average Bonchev–Trinajstić information content (AvgIpc) is 2.68. The first-order valence-corrected chi connectivity index (χ1v) is 9.83. The van der Waals surface area contributed by atoms with E-state index in [0.717, 1.165) is 16.7 Å². The van der Waals surface area contributed by atoms with E-state index in [1.54, 1.807) is 6.07 Å². The molecule has 0 unspecified atom stereocenters. The topological polar surface area (TPSA) is 39.4 Å². The monoisotopic (exact) mass is 404 g/mol. The fourth-order valence-electron chi connectivity index (χ4n) is 3.47. The second-order valence-electron chi connectivity index (χ2n) is 7.30. The van der Waals surface area contributed by atoms with Crippen molar-refractivity contribution in [3.63, 3.8) is 0 Å². The molecule has 3 aromatic carbocycles. The van der Waals surface area contributed by atoms with E-state index in [1.807, 2.05) is 75.4 Å². The Labute approximate surface area is 174 Å². The maximum atomic E-state index is 13.4. The van der Waals surface area contributed by atoms with Crippen LogP contribution in [0.2, 0.25) is 5.02 Å². The molecule has 0 N–H and O–H groups in total. The molecule has 0 aliphatic carbocycles. The summed E-state index contributed by atoms with van der Waals surface area (Å²) in [6, 6.07) is 19.1. The summed E-state index contributed by atoms with van der Waals surface area (Å²) in [4.78, 5) is 13.4. The van der Waals surface area contributed by atoms with Gasteiger partial charge in [0, 0.05) is 5.56 Å². The van der Waals surface area contributed by atoms with Gasteiger partial charge < -0.3 is 9.15 Å². The Balaban J connectivity index is 1.91. The molecule has 146 valence electrons. The highest BCUT2D eigenvalue weighted by molar-refractivity contribution is 6.33. The van der Waals surface area contributed by atoms with Crippen molar-refractivity contribution in [2.75, 3.05) is 0 Å². The van der Waals surface area contributed by atoms with Crippen molar-refractivity contribution in [1.29, 1.82) is 0 Å². The Hall–Kier alpha value is -3.04. The smallest absolute Gasteiger partial charge is 0.235 e. The molecule has 0 aliphatic heterocycles. The standard InChI is InChI=1S/C25H21ClO3/c1-15-8-10-18(11-9-15)14-28-25-23(27)22-17(3)12-16(2)13-21(22)29-24(25)19-6-4-5-7-20(19)26/h4-13H,14H2,1-3H3. The van der Waals surface area contributed by atoms with Crippen LogP contribution in [0.5, 0.6) is 5.75 Å². The van der Waals surface area contributed by atoms with Gasteiger partial charge in [-0.25, -0.2) is 0 Å². The van der Waals surface area contributed by atoms with Gasteiger partial charge in [0.1, 0.15) is 12.2 Å². The Morgan fingerprint density at radius 3 is 2.38 bits per heavy atom. The summed E-state index contributed by atoms with van der Waals surface area (Å²) in [5.41, 5.74) is 5.00. The summed E-state index contributed by atoms with van der Waals surface area (Å²) >= 11 is 6.41. The molecular weight excluding hydrogens is 384 g/mol. The van der Waals surface area contributed by atoms with Crippen LogP contribution in [0, 0.1) is 20.8 Å². The summed E-state index contributed by atoms with van der Waals surface area (Å²) in [6.45, 7) is 6.18. The largest absolute Gasteiger partial charge is 0.481 e. The number of rotatable bonds is 4. The molecule has 0 saturated carbocycles. The second-order valence-corrected chi connectivity index (χ2v) is 7.71. The van der Waals surface area contributed by atoms with Crippen molar-refractivity contribution < 1.29 is 9.15 Å². The van der Waals surface area contributed by atoms with Crippen molar-refractivity contribution in [1.82, 2.24) is 0 Å². The van der Waals surface area contributed by atoms with E-state index in [0.29, 0.717) is 27.3 Å². The van der Waals surface area contributed by atoms with Crippen LogP contribution in [0.1, 0.15) is 22.3 Å². The lowest BCUT2D eigenvalue weighted by Gasteiger charge is -2.14. The van der Waals surface area contributed by atoms with Crippen molar-refractivity contribution in [3.05, 3.63) is 98.2 Å². The molecule has 1 aromatic heterocycles. The molecule has 0 radical (unpaired) electrons. The first-order chi connectivity index (χ1) is 13.9.